The van der Waals surface area contributed by atoms with Crippen molar-refractivity contribution in [3.63, 3.8) is 0 Å². The summed E-state index contributed by atoms with van der Waals surface area (Å²) in [5.74, 6) is -1.71. The van der Waals surface area contributed by atoms with Crippen LogP contribution in [0.4, 0.5) is 0 Å². The topological polar surface area (TPSA) is 95.5 Å². The van der Waals surface area contributed by atoms with Crippen LogP contribution in [0.15, 0.2) is 30.3 Å². The first-order valence-electron chi connectivity index (χ1n) is 8.31. The Bertz CT molecular complexity index is 582. The predicted octanol–water partition coefficient (Wildman–Crippen LogP) is 1.49. The molecular weight excluding hydrogens is 308 g/mol. The molecule has 2 atom stereocenters. The van der Waals surface area contributed by atoms with Crippen molar-refractivity contribution in [1.29, 1.82) is 0 Å². The summed E-state index contributed by atoms with van der Waals surface area (Å²) in [6.45, 7) is 1.37. The predicted molar refractivity (Wildman–Crippen MR) is 89.3 cm³/mol. The van der Waals surface area contributed by atoms with Crippen molar-refractivity contribution >= 4 is 17.8 Å². The summed E-state index contributed by atoms with van der Waals surface area (Å²) in [5, 5.41) is 14.7. The average molecular weight is 332 g/mol. The molecule has 0 bridgehead atoms. The van der Waals surface area contributed by atoms with E-state index in [1.54, 1.807) is 0 Å². The monoisotopic (exact) mass is 332 g/mol. The molecule has 6 heteroatoms. The smallest absolute Gasteiger partial charge is 0.326 e. The average Bonchev–Trinajstić information content (AvgIpc) is 3.06. The molecular formula is C18H24N2O4. The van der Waals surface area contributed by atoms with E-state index < -0.39 is 24.0 Å². The lowest BCUT2D eigenvalue weighted by atomic mass is 9.96. The zero-order valence-corrected chi connectivity index (χ0v) is 13.8. The molecule has 0 aromatic heterocycles. The van der Waals surface area contributed by atoms with Crippen LogP contribution in [0.25, 0.3) is 0 Å². The minimum atomic E-state index is -1.08. The first-order valence-corrected chi connectivity index (χ1v) is 8.31. The second-order valence-electron chi connectivity index (χ2n) is 6.31. The molecule has 0 aliphatic heterocycles. The van der Waals surface area contributed by atoms with Crippen LogP contribution in [0, 0.1) is 5.92 Å². The third-order valence-electron chi connectivity index (χ3n) is 4.41. The third kappa shape index (κ3) is 5.08. The van der Waals surface area contributed by atoms with Gasteiger partial charge < -0.3 is 15.7 Å². The van der Waals surface area contributed by atoms with E-state index in [9.17, 15) is 19.5 Å². The molecule has 1 aliphatic carbocycles. The molecule has 24 heavy (non-hydrogen) atoms. The second-order valence-corrected chi connectivity index (χ2v) is 6.31. The van der Waals surface area contributed by atoms with Gasteiger partial charge in [0.25, 0.3) is 0 Å². The van der Waals surface area contributed by atoms with E-state index in [1.807, 2.05) is 30.3 Å². The molecule has 130 valence electrons. The molecule has 1 aromatic carbocycles. The van der Waals surface area contributed by atoms with Gasteiger partial charge >= 0.3 is 5.97 Å². The Labute approximate surface area is 141 Å². The van der Waals surface area contributed by atoms with Gasteiger partial charge in [0.15, 0.2) is 0 Å². The summed E-state index contributed by atoms with van der Waals surface area (Å²) in [6.07, 6.45) is 4.00. The van der Waals surface area contributed by atoms with Crippen molar-refractivity contribution in [3.8, 4) is 0 Å². The van der Waals surface area contributed by atoms with Gasteiger partial charge in [-0.05, 0) is 24.3 Å². The number of carbonyl (C=O) groups excluding carboxylic acids is 2. The number of carboxylic acid groups (broad SMARTS) is 1. The normalized spacial score (nSPS) is 17.0. The molecule has 1 aromatic rings. The first-order chi connectivity index (χ1) is 11.5. The van der Waals surface area contributed by atoms with Crippen LogP contribution < -0.4 is 10.6 Å². The number of carbonyl (C=O) groups is 3. The van der Waals surface area contributed by atoms with Gasteiger partial charge in [0.05, 0.1) is 0 Å². The van der Waals surface area contributed by atoms with Gasteiger partial charge in [-0.3, -0.25) is 9.59 Å². The van der Waals surface area contributed by atoms with Crippen LogP contribution in [0.2, 0.25) is 0 Å². The number of hydrogen-bond acceptors (Lipinski definition) is 3. The number of benzene rings is 1. The van der Waals surface area contributed by atoms with E-state index in [1.165, 1.54) is 6.92 Å². The van der Waals surface area contributed by atoms with E-state index in [2.05, 4.69) is 10.6 Å². The molecule has 3 N–H and O–H groups in total. The summed E-state index contributed by atoms with van der Waals surface area (Å²) < 4.78 is 0. The molecule has 0 saturated heterocycles. The molecule has 1 saturated carbocycles. The van der Waals surface area contributed by atoms with Crippen molar-refractivity contribution in [3.05, 3.63) is 35.9 Å². The molecule has 0 spiro atoms. The number of amides is 2. The SMILES string of the molecule is CC(=O)NC(C(=O)NC(Cc1ccccc1)C(=O)O)C1CCCC1. The van der Waals surface area contributed by atoms with Crippen molar-refractivity contribution in [2.45, 2.75) is 51.1 Å². The standard InChI is InChI=1S/C18H24N2O4/c1-12(21)19-16(14-9-5-6-10-14)17(22)20-15(18(23)24)11-13-7-3-2-4-8-13/h2-4,7-8,14-16H,5-6,9-11H2,1H3,(H,19,21)(H,20,22)(H,23,24). The molecule has 0 heterocycles. The maximum Gasteiger partial charge on any atom is 0.326 e. The number of aliphatic carboxylic acids is 1. The lowest BCUT2D eigenvalue weighted by molar-refractivity contribution is -0.142. The Kier molecular flexibility index (Phi) is 6.35. The van der Waals surface area contributed by atoms with E-state index in [0.29, 0.717) is 0 Å². The molecule has 1 aliphatic rings. The maximum absolute atomic E-state index is 12.6. The van der Waals surface area contributed by atoms with Gasteiger partial charge in [-0.2, -0.15) is 0 Å². The highest BCUT2D eigenvalue weighted by atomic mass is 16.4. The summed E-state index contributed by atoms with van der Waals surface area (Å²) in [4.78, 5) is 35.5. The van der Waals surface area contributed by atoms with Gasteiger partial charge in [0, 0.05) is 13.3 Å². The Morgan fingerprint density at radius 3 is 2.29 bits per heavy atom. The van der Waals surface area contributed by atoms with E-state index in [-0.39, 0.29) is 18.2 Å². The molecule has 6 nitrogen and oxygen atoms in total. The largest absolute Gasteiger partial charge is 0.480 e. The third-order valence-corrected chi connectivity index (χ3v) is 4.41. The molecule has 2 rings (SSSR count). The van der Waals surface area contributed by atoms with Crippen LogP contribution in [0.3, 0.4) is 0 Å². The highest BCUT2D eigenvalue weighted by Gasteiger charge is 2.33. The lowest BCUT2D eigenvalue weighted by Gasteiger charge is -2.25. The second kappa shape index (κ2) is 8.47. The van der Waals surface area contributed by atoms with Crippen molar-refractivity contribution in [2.75, 3.05) is 0 Å². The quantitative estimate of drug-likeness (QED) is 0.705. The van der Waals surface area contributed by atoms with Crippen molar-refractivity contribution in [1.82, 2.24) is 10.6 Å². The lowest BCUT2D eigenvalue weighted by Crippen LogP contribution is -2.54. The van der Waals surface area contributed by atoms with E-state index in [4.69, 9.17) is 0 Å². The van der Waals surface area contributed by atoms with Crippen LogP contribution >= 0.6 is 0 Å². The number of hydrogen-bond donors (Lipinski definition) is 3. The first kappa shape index (κ1) is 18.0. The highest BCUT2D eigenvalue weighted by Crippen LogP contribution is 2.28. The number of rotatable bonds is 7. The van der Waals surface area contributed by atoms with Crippen molar-refractivity contribution < 1.29 is 19.5 Å². The fraction of sp³-hybridized carbons (Fsp3) is 0.500. The minimum absolute atomic E-state index is 0.0695. The molecule has 2 amide bonds. The van der Waals surface area contributed by atoms with Crippen molar-refractivity contribution in [2.24, 2.45) is 5.92 Å². The zero-order valence-electron chi connectivity index (χ0n) is 13.8. The Morgan fingerprint density at radius 2 is 1.75 bits per heavy atom. The van der Waals surface area contributed by atoms with E-state index >= 15 is 0 Å². The summed E-state index contributed by atoms with van der Waals surface area (Å²) >= 11 is 0. The minimum Gasteiger partial charge on any atom is -0.480 e. The van der Waals surface area contributed by atoms with E-state index in [0.717, 1.165) is 31.2 Å². The summed E-state index contributed by atoms with van der Waals surface area (Å²) in [7, 11) is 0. The Balaban J connectivity index is 2.06. The molecule has 2 unspecified atom stereocenters. The van der Waals surface area contributed by atoms with Crippen LogP contribution in [0.5, 0.6) is 0 Å². The fourth-order valence-corrected chi connectivity index (χ4v) is 3.22. The Morgan fingerprint density at radius 1 is 1.12 bits per heavy atom. The number of nitrogens with one attached hydrogen (secondary N) is 2. The molecule has 1 fully saturated rings. The van der Waals surface area contributed by atoms with Gasteiger partial charge in [-0.15, -0.1) is 0 Å². The van der Waals surface area contributed by atoms with Crippen LogP contribution in [-0.2, 0) is 20.8 Å². The summed E-state index contributed by atoms with van der Waals surface area (Å²) in [6, 6.07) is 7.48. The van der Waals surface area contributed by atoms with Gasteiger partial charge in [0.1, 0.15) is 12.1 Å². The zero-order chi connectivity index (χ0) is 17.5. The fourth-order valence-electron chi connectivity index (χ4n) is 3.22. The van der Waals surface area contributed by atoms with Gasteiger partial charge in [-0.1, -0.05) is 43.2 Å². The highest BCUT2D eigenvalue weighted by molar-refractivity contribution is 5.90. The number of carboxylic acids is 1. The van der Waals surface area contributed by atoms with Crippen LogP contribution in [0.1, 0.15) is 38.2 Å². The van der Waals surface area contributed by atoms with Gasteiger partial charge in [-0.25, -0.2) is 4.79 Å². The maximum atomic E-state index is 12.6. The Hall–Kier alpha value is -2.37. The van der Waals surface area contributed by atoms with Crippen LogP contribution in [-0.4, -0.2) is 35.0 Å². The molecule has 0 radical (unpaired) electrons. The summed E-state index contributed by atoms with van der Waals surface area (Å²) in [5.41, 5.74) is 0.835. The van der Waals surface area contributed by atoms with Gasteiger partial charge in [0.2, 0.25) is 11.8 Å².